The molecule has 1 heterocycles. The lowest BCUT2D eigenvalue weighted by Crippen LogP contribution is -2.51. The number of nitrogens with one attached hydrogen (secondary N) is 1. The fourth-order valence-electron chi connectivity index (χ4n) is 4.00. The summed E-state index contributed by atoms with van der Waals surface area (Å²) in [5.74, 6) is -1.06. The average molecular weight is 526 g/mol. The summed E-state index contributed by atoms with van der Waals surface area (Å²) in [7, 11) is 0. The van der Waals surface area contributed by atoms with Gasteiger partial charge in [0, 0.05) is 78.2 Å². The molecule has 0 aromatic carbocycles. The third-order valence-corrected chi connectivity index (χ3v) is 6.15. The first-order valence-electron chi connectivity index (χ1n) is 12.3. The van der Waals surface area contributed by atoms with Crippen LogP contribution in [0.3, 0.4) is 0 Å². The maximum atomic E-state index is 12.9. The second kappa shape index (κ2) is 17.4. The summed E-state index contributed by atoms with van der Waals surface area (Å²) in [6.07, 6.45) is 5.62. The largest absolute Gasteiger partial charge is 0.480 e. The van der Waals surface area contributed by atoms with Crippen molar-refractivity contribution in [2.24, 2.45) is 0 Å². The van der Waals surface area contributed by atoms with Gasteiger partial charge in [0.1, 0.15) is 5.78 Å². The van der Waals surface area contributed by atoms with Gasteiger partial charge >= 0.3 is 17.9 Å². The molecule has 0 aliphatic carbocycles. The lowest BCUT2D eigenvalue weighted by Gasteiger charge is -2.35. The molecule has 1 fully saturated rings. The van der Waals surface area contributed by atoms with Crippen LogP contribution in [0.4, 0.5) is 0 Å². The lowest BCUT2D eigenvalue weighted by atomic mass is 10.1. The van der Waals surface area contributed by atoms with Crippen LogP contribution in [0.15, 0.2) is 0 Å². The second-order valence-corrected chi connectivity index (χ2v) is 8.99. The van der Waals surface area contributed by atoms with Crippen molar-refractivity contribution in [2.75, 3.05) is 78.5 Å². The van der Waals surface area contributed by atoms with E-state index in [0.717, 1.165) is 0 Å². The van der Waals surface area contributed by atoms with Gasteiger partial charge in [0.2, 0.25) is 5.91 Å². The first-order valence-corrected chi connectivity index (χ1v) is 12.3. The van der Waals surface area contributed by atoms with Crippen LogP contribution in [0.25, 0.3) is 0 Å². The Morgan fingerprint density at radius 3 is 1.54 bits per heavy atom. The van der Waals surface area contributed by atoms with Gasteiger partial charge in [-0.15, -0.1) is 12.3 Å². The Hall–Kier alpha value is -3.05. The Bertz CT molecular complexity index is 798. The number of terminal acetylenes is 1. The molecule has 0 radical (unpaired) electrons. The number of aliphatic carboxylic acids is 3. The lowest BCUT2D eigenvalue weighted by molar-refractivity contribution is -0.140. The van der Waals surface area contributed by atoms with Crippen molar-refractivity contribution in [3.63, 3.8) is 0 Å². The number of carbonyl (C=O) groups excluding carboxylic acids is 2. The zero-order valence-corrected chi connectivity index (χ0v) is 21.4. The number of Topliss-reactive ketones (excluding diaryl/α,β-unsaturated/α-hetero) is 1. The van der Waals surface area contributed by atoms with Crippen LogP contribution >= 0.6 is 0 Å². The van der Waals surface area contributed by atoms with Gasteiger partial charge < -0.3 is 20.6 Å². The van der Waals surface area contributed by atoms with E-state index in [0.29, 0.717) is 65.3 Å². The average Bonchev–Trinajstić information content (AvgIpc) is 2.81. The summed E-state index contributed by atoms with van der Waals surface area (Å²) >= 11 is 0. The summed E-state index contributed by atoms with van der Waals surface area (Å²) in [6.45, 7) is 3.86. The van der Waals surface area contributed by atoms with E-state index in [9.17, 15) is 39.3 Å². The van der Waals surface area contributed by atoms with Gasteiger partial charge in [-0.05, 0) is 6.92 Å². The molecule has 0 spiro atoms. The topological polar surface area (TPSA) is 171 Å². The number of ketones is 1. The Labute approximate surface area is 217 Å². The highest BCUT2D eigenvalue weighted by Gasteiger charge is 2.25. The van der Waals surface area contributed by atoms with Gasteiger partial charge in [0.25, 0.3) is 0 Å². The third-order valence-electron chi connectivity index (χ3n) is 6.15. The Morgan fingerprint density at radius 1 is 0.757 bits per heavy atom. The van der Waals surface area contributed by atoms with E-state index in [1.54, 1.807) is 21.6 Å². The van der Waals surface area contributed by atoms with E-state index in [1.165, 1.54) is 0 Å². The van der Waals surface area contributed by atoms with E-state index in [2.05, 4.69) is 11.2 Å². The number of hydrogen-bond donors (Lipinski definition) is 4. The minimum absolute atomic E-state index is 0.0251. The number of rotatable bonds is 13. The first-order chi connectivity index (χ1) is 17.5. The molecule has 1 unspecified atom stereocenters. The highest BCUT2D eigenvalue weighted by atomic mass is 16.4. The van der Waals surface area contributed by atoms with Crippen molar-refractivity contribution in [1.82, 2.24) is 24.9 Å². The smallest absolute Gasteiger partial charge is 0.317 e. The predicted octanol–water partition coefficient (Wildman–Crippen LogP) is -1.66. The highest BCUT2D eigenvalue weighted by molar-refractivity contribution is 5.88. The van der Waals surface area contributed by atoms with E-state index in [-0.39, 0.29) is 44.2 Å². The normalized spacial score (nSPS) is 18.1. The van der Waals surface area contributed by atoms with Crippen LogP contribution in [0.5, 0.6) is 0 Å². The summed E-state index contributed by atoms with van der Waals surface area (Å²) < 4.78 is 0. The van der Waals surface area contributed by atoms with Crippen molar-refractivity contribution < 1.29 is 39.3 Å². The Morgan fingerprint density at radius 2 is 1.16 bits per heavy atom. The van der Waals surface area contributed by atoms with Crippen LogP contribution in [-0.2, 0) is 24.0 Å². The van der Waals surface area contributed by atoms with E-state index < -0.39 is 23.9 Å². The SMILES string of the molecule is C#CCCNC(=O)CCC(=O)C(C)N1CCN(CC(=O)O)CCN(CC(=O)O)CCN(CC(=O)O)CC1. The third kappa shape index (κ3) is 14.3. The summed E-state index contributed by atoms with van der Waals surface area (Å²) in [4.78, 5) is 65.8. The van der Waals surface area contributed by atoms with Crippen molar-refractivity contribution in [3.05, 3.63) is 0 Å². The zero-order valence-electron chi connectivity index (χ0n) is 21.4. The number of carbonyl (C=O) groups is 5. The molecular formula is C24H39N5O8. The molecule has 0 bridgehead atoms. The maximum absolute atomic E-state index is 12.9. The minimum atomic E-state index is -1.02. The standard InChI is InChI=1S/C24H39N5O8/c1-3-4-7-25-21(31)6-5-20(30)19(2)29-14-12-27(17-23(34)35)10-8-26(16-22(32)33)9-11-28(13-15-29)18-24(36)37/h1,19H,4-18H2,2H3,(H,25,31)(H,32,33)(H,34,35)(H,36,37). The molecule has 208 valence electrons. The van der Waals surface area contributed by atoms with E-state index in [1.807, 2.05) is 4.90 Å². The first kappa shape index (κ1) is 32.0. The molecule has 1 aliphatic heterocycles. The highest BCUT2D eigenvalue weighted by Crippen LogP contribution is 2.08. The number of carboxylic acid groups (broad SMARTS) is 3. The molecular weight excluding hydrogens is 486 g/mol. The monoisotopic (exact) mass is 525 g/mol. The minimum Gasteiger partial charge on any atom is -0.480 e. The quantitative estimate of drug-likeness (QED) is 0.160. The fourth-order valence-corrected chi connectivity index (χ4v) is 4.00. The molecule has 13 heteroatoms. The second-order valence-electron chi connectivity index (χ2n) is 8.99. The molecule has 1 rings (SSSR count). The molecule has 4 N–H and O–H groups in total. The number of hydrogen-bond acceptors (Lipinski definition) is 9. The predicted molar refractivity (Wildman–Crippen MR) is 134 cm³/mol. The van der Waals surface area contributed by atoms with Crippen molar-refractivity contribution in [1.29, 1.82) is 0 Å². The molecule has 1 amide bonds. The van der Waals surface area contributed by atoms with Crippen LogP contribution in [0.1, 0.15) is 26.2 Å². The zero-order chi connectivity index (χ0) is 27.8. The molecule has 1 saturated heterocycles. The van der Waals surface area contributed by atoms with Crippen LogP contribution < -0.4 is 5.32 Å². The van der Waals surface area contributed by atoms with Crippen molar-refractivity contribution >= 4 is 29.6 Å². The molecule has 13 nitrogen and oxygen atoms in total. The van der Waals surface area contributed by atoms with Crippen LogP contribution in [0, 0.1) is 12.3 Å². The van der Waals surface area contributed by atoms with Gasteiger partial charge in [-0.2, -0.15) is 0 Å². The molecule has 0 saturated carbocycles. The molecule has 1 atom stereocenters. The van der Waals surface area contributed by atoms with Gasteiger partial charge in [0.05, 0.1) is 25.7 Å². The van der Waals surface area contributed by atoms with Crippen molar-refractivity contribution in [2.45, 2.75) is 32.2 Å². The number of nitrogens with zero attached hydrogens (tertiary/aromatic N) is 4. The maximum Gasteiger partial charge on any atom is 0.317 e. The van der Waals surface area contributed by atoms with E-state index >= 15 is 0 Å². The van der Waals surface area contributed by atoms with Crippen LogP contribution in [-0.4, -0.2) is 149 Å². The fraction of sp³-hybridized carbons (Fsp3) is 0.708. The number of carboxylic acids is 3. The summed E-state index contributed by atoms with van der Waals surface area (Å²) in [5.41, 5.74) is 0. The van der Waals surface area contributed by atoms with Gasteiger partial charge in [-0.1, -0.05) is 0 Å². The molecule has 1 aliphatic rings. The Kier molecular flexibility index (Phi) is 15.1. The number of amides is 1. The molecule has 0 aromatic heterocycles. The van der Waals surface area contributed by atoms with Gasteiger partial charge in [-0.3, -0.25) is 43.6 Å². The summed E-state index contributed by atoms with van der Waals surface area (Å²) in [5, 5.41) is 30.5. The van der Waals surface area contributed by atoms with E-state index in [4.69, 9.17) is 6.42 Å². The van der Waals surface area contributed by atoms with Crippen molar-refractivity contribution in [3.8, 4) is 12.3 Å². The Balaban J connectivity index is 2.95. The molecule has 0 aromatic rings. The summed E-state index contributed by atoms with van der Waals surface area (Å²) in [6, 6.07) is -0.566. The van der Waals surface area contributed by atoms with Gasteiger partial charge in [0.15, 0.2) is 0 Å². The van der Waals surface area contributed by atoms with Gasteiger partial charge in [-0.25, -0.2) is 0 Å². The molecule has 37 heavy (non-hydrogen) atoms. The van der Waals surface area contributed by atoms with Crippen LogP contribution in [0.2, 0.25) is 0 Å².